The van der Waals surface area contributed by atoms with Crippen molar-refractivity contribution >= 4 is 27.5 Å². The first-order valence-corrected chi connectivity index (χ1v) is 5.27. The van der Waals surface area contributed by atoms with Crippen LogP contribution in [0.15, 0.2) is 42.5 Å². The lowest BCUT2D eigenvalue weighted by molar-refractivity contribution is 1.47. The van der Waals surface area contributed by atoms with Gasteiger partial charge in [0.25, 0.3) is 0 Å². The Kier molecular flexibility index (Phi) is 1.96. The van der Waals surface area contributed by atoms with E-state index in [0.29, 0.717) is 11.3 Å². The van der Waals surface area contributed by atoms with Gasteiger partial charge in [-0.2, -0.15) is 5.26 Å². The van der Waals surface area contributed by atoms with Crippen molar-refractivity contribution in [3.8, 4) is 6.07 Å². The predicted molar refractivity (Wildman–Crippen MR) is 68.4 cm³/mol. The molecule has 0 atom stereocenters. The number of fused-ring (bicyclic) bond motifs is 2. The molecule has 0 aliphatic carbocycles. The minimum Gasteiger partial charge on any atom is -0.398 e. The Morgan fingerprint density at radius 1 is 1.00 bits per heavy atom. The summed E-state index contributed by atoms with van der Waals surface area (Å²) in [5.41, 5.74) is 9.11. The van der Waals surface area contributed by atoms with Crippen LogP contribution in [0.5, 0.6) is 0 Å². The molecule has 2 N–H and O–H groups in total. The van der Waals surface area contributed by atoms with Gasteiger partial charge in [0.2, 0.25) is 0 Å². The number of anilines is 1. The fourth-order valence-corrected chi connectivity index (χ4v) is 1.99. The molecular formula is C14H9N3. The second kappa shape index (κ2) is 3.46. The molecule has 1 aromatic heterocycles. The normalized spacial score (nSPS) is 10.5. The van der Waals surface area contributed by atoms with E-state index >= 15 is 0 Å². The number of nitriles is 1. The molecule has 0 aliphatic rings. The average molecular weight is 219 g/mol. The summed E-state index contributed by atoms with van der Waals surface area (Å²) in [5.74, 6) is 0. The smallest absolute Gasteiger partial charge is 0.0991 e. The Morgan fingerprint density at radius 2 is 1.76 bits per heavy atom. The van der Waals surface area contributed by atoms with Gasteiger partial charge in [-0.05, 0) is 24.3 Å². The summed E-state index contributed by atoms with van der Waals surface area (Å²) in [5, 5.41) is 10.7. The number of hydrogen-bond acceptors (Lipinski definition) is 3. The van der Waals surface area contributed by atoms with Crippen LogP contribution >= 0.6 is 0 Å². The van der Waals surface area contributed by atoms with Crippen molar-refractivity contribution in [1.82, 2.24) is 4.98 Å². The van der Waals surface area contributed by atoms with E-state index in [2.05, 4.69) is 11.1 Å². The zero-order chi connectivity index (χ0) is 11.8. The molecule has 3 nitrogen and oxygen atoms in total. The van der Waals surface area contributed by atoms with Crippen LogP contribution in [0.2, 0.25) is 0 Å². The van der Waals surface area contributed by atoms with Crippen LogP contribution in [0.4, 0.5) is 5.69 Å². The van der Waals surface area contributed by atoms with Crippen molar-refractivity contribution in [3.63, 3.8) is 0 Å². The third kappa shape index (κ3) is 1.39. The van der Waals surface area contributed by atoms with Crippen LogP contribution in [0.25, 0.3) is 21.8 Å². The Bertz CT molecular complexity index is 769. The number of benzene rings is 2. The van der Waals surface area contributed by atoms with Gasteiger partial charge in [0.15, 0.2) is 0 Å². The van der Waals surface area contributed by atoms with Gasteiger partial charge in [0.05, 0.1) is 28.4 Å². The first kappa shape index (κ1) is 9.61. The summed E-state index contributed by atoms with van der Waals surface area (Å²) in [6.07, 6.45) is 0. The molecule has 0 unspecified atom stereocenters. The minimum absolute atomic E-state index is 0.598. The highest BCUT2D eigenvalue weighted by atomic mass is 14.7. The maximum Gasteiger partial charge on any atom is 0.0991 e. The van der Waals surface area contributed by atoms with Crippen molar-refractivity contribution in [3.05, 3.63) is 48.0 Å². The van der Waals surface area contributed by atoms with Gasteiger partial charge < -0.3 is 5.73 Å². The first-order chi connectivity index (χ1) is 8.29. The molecule has 0 fully saturated rings. The second-order valence-electron chi connectivity index (χ2n) is 3.89. The van der Waals surface area contributed by atoms with E-state index in [0.717, 1.165) is 21.8 Å². The van der Waals surface area contributed by atoms with E-state index in [1.807, 2.05) is 30.3 Å². The number of rotatable bonds is 0. The molecular weight excluding hydrogens is 210 g/mol. The first-order valence-electron chi connectivity index (χ1n) is 5.27. The van der Waals surface area contributed by atoms with Gasteiger partial charge in [0, 0.05) is 10.8 Å². The number of nitrogens with zero attached hydrogens (tertiary/aromatic N) is 2. The second-order valence-corrected chi connectivity index (χ2v) is 3.89. The zero-order valence-electron chi connectivity index (χ0n) is 9.01. The third-order valence-electron chi connectivity index (χ3n) is 2.85. The van der Waals surface area contributed by atoms with Gasteiger partial charge in [-0.1, -0.05) is 18.2 Å². The summed E-state index contributed by atoms with van der Waals surface area (Å²) in [7, 11) is 0. The third-order valence-corrected chi connectivity index (χ3v) is 2.85. The van der Waals surface area contributed by atoms with Crippen molar-refractivity contribution in [2.24, 2.45) is 0 Å². The zero-order valence-corrected chi connectivity index (χ0v) is 9.01. The van der Waals surface area contributed by atoms with Crippen LogP contribution in [-0.2, 0) is 0 Å². The van der Waals surface area contributed by atoms with E-state index in [9.17, 15) is 0 Å². The lowest BCUT2D eigenvalue weighted by Crippen LogP contribution is -1.92. The molecule has 0 radical (unpaired) electrons. The molecule has 0 saturated heterocycles. The lowest BCUT2D eigenvalue weighted by Gasteiger charge is -2.06. The van der Waals surface area contributed by atoms with E-state index in [-0.39, 0.29) is 0 Å². The van der Waals surface area contributed by atoms with E-state index in [4.69, 9.17) is 11.0 Å². The largest absolute Gasteiger partial charge is 0.398 e. The Balaban J connectivity index is 2.52. The van der Waals surface area contributed by atoms with Crippen LogP contribution in [-0.4, -0.2) is 4.98 Å². The number of pyridine rings is 1. The molecule has 0 amide bonds. The van der Waals surface area contributed by atoms with Crippen LogP contribution in [0.3, 0.4) is 0 Å². The van der Waals surface area contributed by atoms with Gasteiger partial charge in [-0.3, -0.25) is 0 Å². The summed E-state index contributed by atoms with van der Waals surface area (Å²) >= 11 is 0. The monoisotopic (exact) mass is 219 g/mol. The minimum atomic E-state index is 0.598. The highest BCUT2D eigenvalue weighted by molar-refractivity contribution is 6.06. The molecule has 3 rings (SSSR count). The molecule has 0 bridgehead atoms. The molecule has 3 aromatic rings. The van der Waals surface area contributed by atoms with Crippen molar-refractivity contribution in [2.45, 2.75) is 0 Å². The highest BCUT2D eigenvalue weighted by Crippen LogP contribution is 2.28. The molecule has 0 saturated carbocycles. The highest BCUT2D eigenvalue weighted by Gasteiger charge is 2.06. The Hall–Kier alpha value is -2.60. The molecule has 17 heavy (non-hydrogen) atoms. The van der Waals surface area contributed by atoms with E-state index < -0.39 is 0 Å². The van der Waals surface area contributed by atoms with Crippen LogP contribution in [0.1, 0.15) is 5.56 Å². The number of aromatic nitrogens is 1. The maximum absolute atomic E-state index is 8.89. The summed E-state index contributed by atoms with van der Waals surface area (Å²) in [4.78, 5) is 4.52. The summed E-state index contributed by atoms with van der Waals surface area (Å²) in [6.45, 7) is 0. The van der Waals surface area contributed by atoms with Crippen molar-refractivity contribution in [1.29, 1.82) is 5.26 Å². The van der Waals surface area contributed by atoms with Gasteiger partial charge >= 0.3 is 0 Å². The predicted octanol–water partition coefficient (Wildman–Crippen LogP) is 2.84. The molecule has 3 heteroatoms. The molecule has 2 aromatic carbocycles. The molecule has 0 spiro atoms. The number of nitrogens with two attached hydrogens (primary N) is 1. The maximum atomic E-state index is 8.89. The quantitative estimate of drug-likeness (QED) is 0.591. The Labute approximate surface area is 98.1 Å². The van der Waals surface area contributed by atoms with Gasteiger partial charge in [-0.25, -0.2) is 4.98 Å². The molecule has 0 aliphatic heterocycles. The standard InChI is InChI=1S/C14H9N3/c15-8-9-5-6-13-11(7-9)14(16)10-3-1-2-4-12(10)17-13/h1-7H,(H2,16,17). The SMILES string of the molecule is N#Cc1ccc2nc3ccccc3c(N)c2c1. The van der Waals surface area contributed by atoms with Crippen LogP contribution in [0, 0.1) is 11.3 Å². The van der Waals surface area contributed by atoms with E-state index in [1.165, 1.54) is 0 Å². The van der Waals surface area contributed by atoms with Gasteiger partial charge in [0.1, 0.15) is 0 Å². The number of para-hydroxylation sites is 1. The topological polar surface area (TPSA) is 62.7 Å². The number of hydrogen-bond donors (Lipinski definition) is 1. The van der Waals surface area contributed by atoms with Gasteiger partial charge in [-0.15, -0.1) is 0 Å². The fraction of sp³-hybridized carbons (Fsp3) is 0. The van der Waals surface area contributed by atoms with Crippen molar-refractivity contribution in [2.75, 3.05) is 5.73 Å². The van der Waals surface area contributed by atoms with Crippen molar-refractivity contribution < 1.29 is 0 Å². The summed E-state index contributed by atoms with van der Waals surface area (Å²) < 4.78 is 0. The average Bonchev–Trinajstić information content (AvgIpc) is 2.39. The fourth-order valence-electron chi connectivity index (χ4n) is 1.99. The lowest BCUT2D eigenvalue weighted by atomic mass is 10.1. The molecule has 1 heterocycles. The summed E-state index contributed by atoms with van der Waals surface area (Å²) in [6, 6.07) is 15.2. The van der Waals surface area contributed by atoms with E-state index in [1.54, 1.807) is 12.1 Å². The number of nitrogen functional groups attached to an aromatic ring is 1. The Morgan fingerprint density at radius 3 is 2.59 bits per heavy atom. The molecule has 80 valence electrons. The van der Waals surface area contributed by atoms with Crippen LogP contribution < -0.4 is 5.73 Å².